The van der Waals surface area contributed by atoms with E-state index in [9.17, 15) is 4.79 Å². The highest BCUT2D eigenvalue weighted by molar-refractivity contribution is 6.30. The molecule has 0 saturated heterocycles. The Hall–Kier alpha value is -2.00. The summed E-state index contributed by atoms with van der Waals surface area (Å²) < 4.78 is 0. The third-order valence-electron chi connectivity index (χ3n) is 3.17. The maximum Gasteiger partial charge on any atom is 0.224 e. The molecule has 0 aromatic heterocycles. The summed E-state index contributed by atoms with van der Waals surface area (Å²) in [4.78, 5) is 11.7. The topological polar surface area (TPSA) is 41.1 Å². The number of amides is 1. The quantitative estimate of drug-likeness (QED) is 0.792. The molecule has 0 unspecified atom stereocenters. The largest absolute Gasteiger partial charge is 0.381 e. The molecule has 0 bridgehead atoms. The Morgan fingerprint density at radius 1 is 1.00 bits per heavy atom. The van der Waals surface area contributed by atoms with Gasteiger partial charge in [-0.3, -0.25) is 4.79 Å². The molecule has 0 aliphatic heterocycles. The summed E-state index contributed by atoms with van der Waals surface area (Å²) in [6.45, 7) is 4.79. The molecule has 0 saturated carbocycles. The van der Waals surface area contributed by atoms with E-state index < -0.39 is 0 Å². The number of carbonyl (C=O) groups is 1. The summed E-state index contributed by atoms with van der Waals surface area (Å²) in [5.74, 6) is 0.414. The lowest BCUT2D eigenvalue weighted by Crippen LogP contribution is -2.13. The van der Waals surface area contributed by atoms with E-state index in [-0.39, 0.29) is 5.91 Å². The molecule has 2 aromatic carbocycles. The van der Waals surface area contributed by atoms with Crippen molar-refractivity contribution in [3.63, 3.8) is 0 Å². The molecule has 0 aliphatic rings. The first-order valence-electron chi connectivity index (χ1n) is 7.41. The zero-order chi connectivity index (χ0) is 15.9. The Morgan fingerprint density at radius 3 is 2.18 bits per heavy atom. The molecular weight excluding hydrogens is 296 g/mol. The van der Waals surface area contributed by atoms with Gasteiger partial charge in [-0.05, 0) is 47.9 Å². The van der Waals surface area contributed by atoms with E-state index in [1.165, 1.54) is 5.56 Å². The number of anilines is 2. The summed E-state index contributed by atoms with van der Waals surface area (Å²) >= 11 is 5.86. The van der Waals surface area contributed by atoms with Crippen LogP contribution < -0.4 is 10.6 Å². The van der Waals surface area contributed by atoms with Crippen molar-refractivity contribution < 1.29 is 4.79 Å². The molecule has 0 fully saturated rings. The molecule has 0 aliphatic carbocycles. The van der Waals surface area contributed by atoms with Crippen LogP contribution in [-0.4, -0.2) is 5.91 Å². The van der Waals surface area contributed by atoms with Crippen LogP contribution in [0, 0.1) is 5.92 Å². The van der Waals surface area contributed by atoms with Crippen LogP contribution in [-0.2, 0) is 11.3 Å². The van der Waals surface area contributed by atoms with Crippen LogP contribution in [0.2, 0.25) is 5.02 Å². The zero-order valence-corrected chi connectivity index (χ0v) is 13.7. The van der Waals surface area contributed by atoms with Crippen molar-refractivity contribution in [1.29, 1.82) is 0 Å². The zero-order valence-electron chi connectivity index (χ0n) is 12.9. The number of hydrogen-bond donors (Lipinski definition) is 2. The van der Waals surface area contributed by atoms with Crippen LogP contribution in [0.4, 0.5) is 11.4 Å². The lowest BCUT2D eigenvalue weighted by Gasteiger charge is -2.10. The first-order valence-corrected chi connectivity index (χ1v) is 7.79. The Morgan fingerprint density at radius 2 is 1.59 bits per heavy atom. The van der Waals surface area contributed by atoms with E-state index in [0.717, 1.165) is 22.9 Å². The number of nitrogens with one attached hydrogen (secondary N) is 2. The van der Waals surface area contributed by atoms with Crippen molar-refractivity contribution in [3.8, 4) is 0 Å². The van der Waals surface area contributed by atoms with Gasteiger partial charge in [-0.15, -0.1) is 0 Å². The summed E-state index contributed by atoms with van der Waals surface area (Å²) in [6, 6.07) is 15.5. The maximum atomic E-state index is 11.7. The van der Waals surface area contributed by atoms with E-state index in [4.69, 9.17) is 11.6 Å². The summed E-state index contributed by atoms with van der Waals surface area (Å²) in [6.07, 6.45) is 0.538. The first-order chi connectivity index (χ1) is 10.5. The van der Waals surface area contributed by atoms with Gasteiger partial charge in [0, 0.05) is 29.4 Å². The molecule has 2 rings (SSSR count). The molecule has 2 N–H and O–H groups in total. The van der Waals surface area contributed by atoms with Crippen LogP contribution in [0.1, 0.15) is 25.8 Å². The van der Waals surface area contributed by atoms with Gasteiger partial charge in [0.25, 0.3) is 0 Å². The molecule has 22 heavy (non-hydrogen) atoms. The molecule has 4 heteroatoms. The van der Waals surface area contributed by atoms with Gasteiger partial charge in [0.05, 0.1) is 0 Å². The van der Waals surface area contributed by atoms with Crippen LogP contribution in [0.5, 0.6) is 0 Å². The third kappa shape index (κ3) is 5.41. The number of halogens is 1. The van der Waals surface area contributed by atoms with Gasteiger partial charge in [0.15, 0.2) is 0 Å². The fraction of sp³-hybridized carbons (Fsp3) is 0.278. The Balaban J connectivity index is 1.86. The second-order valence-electron chi connectivity index (χ2n) is 5.70. The van der Waals surface area contributed by atoms with E-state index in [2.05, 4.69) is 10.6 Å². The van der Waals surface area contributed by atoms with Gasteiger partial charge in [0.1, 0.15) is 0 Å². The minimum atomic E-state index is 0.0527. The molecule has 0 radical (unpaired) electrons. The number of hydrogen-bond acceptors (Lipinski definition) is 2. The number of carbonyl (C=O) groups excluding carboxylic acids is 1. The van der Waals surface area contributed by atoms with Crippen molar-refractivity contribution in [2.24, 2.45) is 5.92 Å². The van der Waals surface area contributed by atoms with Gasteiger partial charge >= 0.3 is 0 Å². The first kappa shape index (κ1) is 16.4. The molecule has 0 spiro atoms. The second kappa shape index (κ2) is 7.85. The van der Waals surface area contributed by atoms with Crippen molar-refractivity contribution in [2.45, 2.75) is 26.8 Å². The van der Waals surface area contributed by atoms with Gasteiger partial charge in [-0.25, -0.2) is 0 Å². The highest BCUT2D eigenvalue weighted by Crippen LogP contribution is 2.16. The van der Waals surface area contributed by atoms with Crippen molar-refractivity contribution >= 4 is 28.9 Å². The number of benzene rings is 2. The lowest BCUT2D eigenvalue weighted by atomic mass is 10.1. The van der Waals surface area contributed by atoms with E-state index in [1.807, 2.05) is 62.4 Å². The Bertz CT molecular complexity index is 606. The predicted octanol–water partition coefficient (Wildman–Crippen LogP) is 4.94. The highest BCUT2D eigenvalue weighted by Gasteiger charge is 2.05. The van der Waals surface area contributed by atoms with Crippen LogP contribution in [0.15, 0.2) is 48.5 Å². The molecule has 3 nitrogen and oxygen atoms in total. The monoisotopic (exact) mass is 316 g/mol. The van der Waals surface area contributed by atoms with Gasteiger partial charge in [-0.1, -0.05) is 37.6 Å². The normalized spacial score (nSPS) is 10.5. The van der Waals surface area contributed by atoms with Crippen LogP contribution >= 0.6 is 11.6 Å². The summed E-state index contributed by atoms with van der Waals surface area (Å²) in [5, 5.41) is 6.98. The fourth-order valence-corrected chi connectivity index (χ4v) is 2.19. The highest BCUT2D eigenvalue weighted by atomic mass is 35.5. The molecular formula is C18H21ClN2O. The average Bonchev–Trinajstić information content (AvgIpc) is 2.47. The SMILES string of the molecule is CC(C)CC(=O)Nc1ccc(NCc2ccc(Cl)cc2)cc1. The lowest BCUT2D eigenvalue weighted by molar-refractivity contribution is -0.116. The van der Waals surface area contributed by atoms with Gasteiger partial charge in [-0.2, -0.15) is 0 Å². The van der Waals surface area contributed by atoms with Crippen LogP contribution in [0.3, 0.4) is 0 Å². The van der Waals surface area contributed by atoms with Gasteiger partial charge < -0.3 is 10.6 Å². The minimum absolute atomic E-state index is 0.0527. The molecule has 2 aromatic rings. The van der Waals surface area contributed by atoms with Crippen molar-refractivity contribution in [2.75, 3.05) is 10.6 Å². The molecule has 116 valence electrons. The third-order valence-corrected chi connectivity index (χ3v) is 3.42. The average molecular weight is 317 g/mol. The summed E-state index contributed by atoms with van der Waals surface area (Å²) in [5.41, 5.74) is 3.00. The van der Waals surface area contributed by atoms with Gasteiger partial charge in [0.2, 0.25) is 5.91 Å². The minimum Gasteiger partial charge on any atom is -0.381 e. The van der Waals surface area contributed by atoms with Crippen LogP contribution in [0.25, 0.3) is 0 Å². The Kier molecular flexibility index (Phi) is 5.84. The fourth-order valence-electron chi connectivity index (χ4n) is 2.06. The standard InChI is InChI=1S/C18H21ClN2O/c1-13(2)11-18(22)21-17-9-7-16(8-10-17)20-12-14-3-5-15(19)6-4-14/h3-10,13,20H,11-12H2,1-2H3,(H,21,22). The predicted molar refractivity (Wildman–Crippen MR) is 93.3 cm³/mol. The van der Waals surface area contributed by atoms with E-state index >= 15 is 0 Å². The molecule has 0 atom stereocenters. The summed E-state index contributed by atoms with van der Waals surface area (Å²) in [7, 11) is 0. The van der Waals surface area contributed by atoms with Crippen molar-refractivity contribution in [1.82, 2.24) is 0 Å². The molecule has 0 heterocycles. The van der Waals surface area contributed by atoms with Crippen molar-refractivity contribution in [3.05, 3.63) is 59.1 Å². The second-order valence-corrected chi connectivity index (χ2v) is 6.14. The number of rotatable bonds is 6. The Labute approximate surface area is 136 Å². The molecule has 1 amide bonds. The smallest absolute Gasteiger partial charge is 0.224 e. The van der Waals surface area contributed by atoms with E-state index in [1.54, 1.807) is 0 Å². The maximum absolute atomic E-state index is 11.7. The van der Waals surface area contributed by atoms with E-state index in [0.29, 0.717) is 12.3 Å².